The van der Waals surface area contributed by atoms with Crippen molar-refractivity contribution in [1.29, 1.82) is 5.26 Å². The molecule has 0 aromatic carbocycles. The van der Waals surface area contributed by atoms with Gasteiger partial charge >= 0.3 is 0 Å². The predicted octanol–water partition coefficient (Wildman–Crippen LogP) is 3.56. The van der Waals surface area contributed by atoms with Gasteiger partial charge in [-0.1, -0.05) is 11.6 Å². The van der Waals surface area contributed by atoms with Crippen LogP contribution in [-0.2, 0) is 4.79 Å². The topological polar surface area (TPSA) is 128 Å². The standard InChI is InChI=1S/C22H19ClFN9O/c23-20-16(24)7-17(29-12-34)22(31-20)32-6-3-13(9-32)18(1-4-25)33-10-14(8-30-33)19-15-2-5-26-21(15)28-11-27-19/h2,5,7-8,10-13,18H,1,3,6,9H2,(H,29,34)(H,26,27,28)/t13-,18?/m0/s1. The van der Waals surface area contributed by atoms with E-state index in [1.165, 1.54) is 6.33 Å². The number of rotatable bonds is 7. The molecule has 0 saturated carbocycles. The molecule has 1 aliphatic rings. The fraction of sp³-hybridized carbons (Fsp3) is 0.273. The van der Waals surface area contributed by atoms with Crippen LogP contribution in [0.25, 0.3) is 22.3 Å². The van der Waals surface area contributed by atoms with E-state index >= 15 is 0 Å². The third-order valence-corrected chi connectivity index (χ3v) is 6.33. The smallest absolute Gasteiger partial charge is 0.211 e. The van der Waals surface area contributed by atoms with Crippen LogP contribution in [0.3, 0.4) is 0 Å². The zero-order chi connectivity index (χ0) is 23.7. The van der Waals surface area contributed by atoms with Gasteiger partial charge in [0.05, 0.1) is 36.1 Å². The van der Waals surface area contributed by atoms with Crippen molar-refractivity contribution in [3.05, 3.63) is 48.0 Å². The van der Waals surface area contributed by atoms with Crippen LogP contribution < -0.4 is 10.2 Å². The summed E-state index contributed by atoms with van der Waals surface area (Å²) in [4.78, 5) is 28.8. The molecule has 4 aromatic heterocycles. The minimum absolute atomic E-state index is 0.0692. The van der Waals surface area contributed by atoms with E-state index in [1.807, 2.05) is 28.0 Å². The van der Waals surface area contributed by atoms with Gasteiger partial charge in [-0.05, 0) is 12.5 Å². The Morgan fingerprint density at radius 1 is 1.44 bits per heavy atom. The first-order valence-electron chi connectivity index (χ1n) is 10.6. The van der Waals surface area contributed by atoms with E-state index in [9.17, 15) is 14.4 Å². The molecule has 172 valence electrons. The van der Waals surface area contributed by atoms with Gasteiger partial charge in [0, 0.05) is 48.4 Å². The summed E-state index contributed by atoms with van der Waals surface area (Å²) in [7, 11) is 0. The minimum Gasteiger partial charge on any atom is -0.354 e. The summed E-state index contributed by atoms with van der Waals surface area (Å²) < 4.78 is 15.7. The lowest BCUT2D eigenvalue weighted by molar-refractivity contribution is -0.105. The van der Waals surface area contributed by atoms with Crippen molar-refractivity contribution in [2.24, 2.45) is 5.92 Å². The third kappa shape index (κ3) is 3.92. The highest BCUT2D eigenvalue weighted by Crippen LogP contribution is 2.36. The Labute approximate surface area is 198 Å². The number of aromatic amines is 1. The number of amides is 1. The van der Waals surface area contributed by atoms with Crippen LogP contribution >= 0.6 is 11.6 Å². The van der Waals surface area contributed by atoms with Gasteiger partial charge in [0.1, 0.15) is 12.0 Å². The first-order chi connectivity index (χ1) is 16.6. The zero-order valence-electron chi connectivity index (χ0n) is 17.8. The van der Waals surface area contributed by atoms with Crippen LogP contribution in [0.1, 0.15) is 18.9 Å². The number of nitriles is 1. The lowest BCUT2D eigenvalue weighted by Crippen LogP contribution is -2.26. The molecule has 12 heteroatoms. The molecular formula is C22H19ClFN9O. The third-order valence-electron chi connectivity index (χ3n) is 6.07. The summed E-state index contributed by atoms with van der Waals surface area (Å²) in [5, 5.41) is 17.2. The number of anilines is 2. The fourth-order valence-electron chi connectivity index (χ4n) is 4.48. The van der Waals surface area contributed by atoms with Crippen molar-refractivity contribution in [1.82, 2.24) is 29.7 Å². The maximum absolute atomic E-state index is 13.9. The van der Waals surface area contributed by atoms with Crippen LogP contribution in [-0.4, -0.2) is 49.2 Å². The van der Waals surface area contributed by atoms with Gasteiger partial charge in [0.25, 0.3) is 0 Å². The highest BCUT2D eigenvalue weighted by Gasteiger charge is 2.33. The number of hydrogen-bond donors (Lipinski definition) is 2. The molecule has 1 saturated heterocycles. The largest absolute Gasteiger partial charge is 0.354 e. The molecule has 2 N–H and O–H groups in total. The van der Waals surface area contributed by atoms with Gasteiger partial charge in [-0.25, -0.2) is 19.3 Å². The molecule has 0 aliphatic carbocycles. The molecule has 5 rings (SSSR count). The number of fused-ring (bicyclic) bond motifs is 1. The number of nitrogens with zero attached hydrogens (tertiary/aromatic N) is 7. The van der Waals surface area contributed by atoms with Crippen molar-refractivity contribution < 1.29 is 9.18 Å². The minimum atomic E-state index is -0.710. The number of aromatic nitrogens is 6. The van der Waals surface area contributed by atoms with E-state index in [0.717, 1.165) is 34.8 Å². The Morgan fingerprint density at radius 3 is 3.15 bits per heavy atom. The molecular weight excluding hydrogens is 461 g/mol. The van der Waals surface area contributed by atoms with E-state index in [0.29, 0.717) is 25.3 Å². The molecule has 0 radical (unpaired) electrons. The molecule has 2 atom stereocenters. The molecule has 4 aromatic rings. The second-order valence-electron chi connectivity index (χ2n) is 7.99. The number of hydrogen-bond acceptors (Lipinski definition) is 7. The van der Waals surface area contributed by atoms with Gasteiger partial charge in [-0.2, -0.15) is 10.4 Å². The number of H-pyrrole nitrogens is 1. The van der Waals surface area contributed by atoms with Crippen LogP contribution in [0.5, 0.6) is 0 Å². The van der Waals surface area contributed by atoms with Crippen molar-refractivity contribution in [2.45, 2.75) is 18.9 Å². The van der Waals surface area contributed by atoms with Crippen molar-refractivity contribution in [3.8, 4) is 17.3 Å². The molecule has 1 unspecified atom stereocenters. The summed E-state index contributed by atoms with van der Waals surface area (Å²) in [5.41, 5.74) is 2.57. The molecule has 0 bridgehead atoms. The molecule has 10 nitrogen and oxygen atoms in total. The Kier molecular flexibility index (Phi) is 5.81. The molecule has 5 heterocycles. The van der Waals surface area contributed by atoms with Gasteiger partial charge in [-0.3, -0.25) is 9.48 Å². The molecule has 1 amide bonds. The van der Waals surface area contributed by atoms with Crippen LogP contribution in [0.15, 0.2) is 37.1 Å². The summed E-state index contributed by atoms with van der Waals surface area (Å²) in [6, 6.07) is 5.14. The predicted molar refractivity (Wildman–Crippen MR) is 124 cm³/mol. The van der Waals surface area contributed by atoms with E-state index < -0.39 is 5.82 Å². The summed E-state index contributed by atoms with van der Waals surface area (Å²) in [6.07, 6.45) is 8.43. The molecule has 34 heavy (non-hydrogen) atoms. The summed E-state index contributed by atoms with van der Waals surface area (Å²) in [5.74, 6) is -0.244. The van der Waals surface area contributed by atoms with Gasteiger partial charge in [-0.15, -0.1) is 0 Å². The van der Waals surface area contributed by atoms with E-state index in [2.05, 4.69) is 36.4 Å². The normalized spacial score (nSPS) is 16.5. The quantitative estimate of drug-likeness (QED) is 0.306. The monoisotopic (exact) mass is 479 g/mol. The number of nitrogens with one attached hydrogen (secondary N) is 2. The first-order valence-corrected chi connectivity index (χ1v) is 11.0. The lowest BCUT2D eigenvalue weighted by atomic mass is 9.96. The molecule has 1 aliphatic heterocycles. The average molecular weight is 480 g/mol. The van der Waals surface area contributed by atoms with Gasteiger partial charge in [0.15, 0.2) is 16.8 Å². The lowest BCUT2D eigenvalue weighted by Gasteiger charge is -2.24. The summed E-state index contributed by atoms with van der Waals surface area (Å²) >= 11 is 5.90. The van der Waals surface area contributed by atoms with E-state index in [1.54, 1.807) is 6.20 Å². The Balaban J connectivity index is 1.41. The maximum atomic E-state index is 13.9. The number of carbonyl (C=O) groups is 1. The average Bonchev–Trinajstić information content (AvgIpc) is 3.60. The van der Waals surface area contributed by atoms with Gasteiger partial charge < -0.3 is 15.2 Å². The first kappa shape index (κ1) is 21.8. The van der Waals surface area contributed by atoms with Gasteiger partial charge in [0.2, 0.25) is 6.41 Å². The van der Waals surface area contributed by atoms with E-state index in [-0.39, 0.29) is 29.2 Å². The Bertz CT molecular complexity index is 1390. The summed E-state index contributed by atoms with van der Waals surface area (Å²) in [6.45, 7) is 1.15. The highest BCUT2D eigenvalue weighted by molar-refractivity contribution is 6.29. The molecule has 0 spiro atoms. The van der Waals surface area contributed by atoms with Crippen molar-refractivity contribution in [3.63, 3.8) is 0 Å². The van der Waals surface area contributed by atoms with E-state index in [4.69, 9.17) is 11.6 Å². The number of halogens is 2. The SMILES string of the molecule is N#CCC([C@H]1CCN(c2nc(Cl)c(F)cc2NC=O)C1)n1cc(-c2ncnc3[nH]ccc23)cn1. The van der Waals surface area contributed by atoms with Crippen molar-refractivity contribution >= 4 is 40.5 Å². The van der Waals surface area contributed by atoms with Crippen LogP contribution in [0, 0.1) is 23.1 Å². The van der Waals surface area contributed by atoms with Crippen molar-refractivity contribution in [2.75, 3.05) is 23.3 Å². The fourth-order valence-corrected chi connectivity index (χ4v) is 4.61. The number of carbonyl (C=O) groups excluding carboxylic acids is 1. The second kappa shape index (κ2) is 9.07. The Morgan fingerprint density at radius 2 is 2.32 bits per heavy atom. The Hall–Kier alpha value is -4.04. The zero-order valence-corrected chi connectivity index (χ0v) is 18.6. The van der Waals surface area contributed by atoms with Crippen LogP contribution in [0.4, 0.5) is 15.9 Å². The number of pyridine rings is 1. The highest BCUT2D eigenvalue weighted by atomic mass is 35.5. The van der Waals surface area contributed by atoms with Crippen LogP contribution in [0.2, 0.25) is 5.15 Å². The second-order valence-corrected chi connectivity index (χ2v) is 8.35. The maximum Gasteiger partial charge on any atom is 0.211 e. The molecule has 1 fully saturated rings.